The van der Waals surface area contributed by atoms with E-state index in [0.717, 1.165) is 4.88 Å². The number of carbonyl (C=O) groups is 1. The van der Waals surface area contributed by atoms with Gasteiger partial charge in [0.15, 0.2) is 9.84 Å². The summed E-state index contributed by atoms with van der Waals surface area (Å²) in [6.07, 6.45) is 3.35. The van der Waals surface area contributed by atoms with E-state index in [0.29, 0.717) is 5.56 Å². The Hall–Kier alpha value is -2.51. The Morgan fingerprint density at radius 1 is 1.08 bits per heavy atom. The molecule has 5 nitrogen and oxygen atoms in total. The van der Waals surface area contributed by atoms with E-state index in [2.05, 4.69) is 10.3 Å². The number of nitrogens with zero attached hydrogens (tertiary/aromatic N) is 1. The molecule has 0 fully saturated rings. The minimum Gasteiger partial charge on any atom is -0.354 e. The number of carbonyl (C=O) groups excluding carboxylic acids is 1. The number of benzene rings is 1. The number of amides is 1. The zero-order valence-electron chi connectivity index (χ0n) is 13.9. The molecule has 1 N–H and O–H groups in total. The number of nitrogens with one attached hydrogen (secondary N) is 1. The predicted molar refractivity (Wildman–Crippen MR) is 102 cm³/mol. The second-order valence-electron chi connectivity index (χ2n) is 5.69. The molecule has 0 unspecified atom stereocenters. The van der Waals surface area contributed by atoms with Gasteiger partial charge in [-0.2, -0.15) is 0 Å². The Morgan fingerprint density at radius 2 is 1.88 bits per heavy atom. The van der Waals surface area contributed by atoms with E-state index in [1.165, 1.54) is 17.5 Å². The first-order valence-electron chi connectivity index (χ1n) is 8.05. The zero-order chi connectivity index (χ0) is 18.4. The summed E-state index contributed by atoms with van der Waals surface area (Å²) in [5, 5.41) is 3.76. The maximum atomic E-state index is 13.1. The molecule has 2 heterocycles. The third-order valence-corrected chi connectivity index (χ3v) is 6.90. The molecular formula is C19H18N2O3S2. The molecule has 134 valence electrons. The summed E-state index contributed by atoms with van der Waals surface area (Å²) >= 11 is 1.50. The highest BCUT2D eigenvalue weighted by Crippen LogP contribution is 2.28. The summed E-state index contributed by atoms with van der Waals surface area (Å²) in [5.74, 6) is -0.204. The largest absolute Gasteiger partial charge is 0.354 e. The van der Waals surface area contributed by atoms with Crippen molar-refractivity contribution in [1.82, 2.24) is 10.3 Å². The lowest BCUT2D eigenvalue weighted by Crippen LogP contribution is -2.32. The molecule has 3 aromatic rings. The highest BCUT2D eigenvalue weighted by atomic mass is 32.2. The molecule has 26 heavy (non-hydrogen) atoms. The van der Waals surface area contributed by atoms with Crippen LogP contribution in [0.3, 0.4) is 0 Å². The van der Waals surface area contributed by atoms with Crippen LogP contribution >= 0.6 is 11.3 Å². The molecule has 1 amide bonds. The molecule has 0 aliphatic carbocycles. The predicted octanol–water partition coefficient (Wildman–Crippen LogP) is 3.02. The van der Waals surface area contributed by atoms with Crippen molar-refractivity contribution in [3.63, 3.8) is 0 Å². The Kier molecular flexibility index (Phi) is 5.80. The molecule has 0 saturated carbocycles. The number of hydrogen-bond donors (Lipinski definition) is 1. The number of pyridine rings is 1. The molecule has 2 aromatic heterocycles. The lowest BCUT2D eigenvalue weighted by atomic mass is 10.2. The van der Waals surface area contributed by atoms with Gasteiger partial charge in [-0.25, -0.2) is 8.42 Å². The van der Waals surface area contributed by atoms with E-state index in [9.17, 15) is 13.2 Å². The Morgan fingerprint density at radius 3 is 2.54 bits per heavy atom. The molecule has 0 aliphatic rings. The van der Waals surface area contributed by atoms with Gasteiger partial charge in [0.1, 0.15) is 5.25 Å². The van der Waals surface area contributed by atoms with Crippen LogP contribution in [0.1, 0.15) is 15.7 Å². The van der Waals surface area contributed by atoms with Gasteiger partial charge >= 0.3 is 0 Å². The minimum atomic E-state index is -3.66. The second kappa shape index (κ2) is 8.25. The lowest BCUT2D eigenvalue weighted by Gasteiger charge is -2.18. The van der Waals surface area contributed by atoms with Crippen molar-refractivity contribution in [3.8, 4) is 0 Å². The van der Waals surface area contributed by atoms with Gasteiger partial charge in [0, 0.05) is 23.8 Å². The zero-order valence-corrected chi connectivity index (χ0v) is 15.5. The van der Waals surface area contributed by atoms with Crippen LogP contribution in [0.2, 0.25) is 0 Å². The molecule has 7 heteroatoms. The Labute approximate surface area is 156 Å². The summed E-state index contributed by atoms with van der Waals surface area (Å²) in [5.41, 5.74) is 0.549. The molecule has 0 saturated heterocycles. The van der Waals surface area contributed by atoms with Gasteiger partial charge in [0.2, 0.25) is 5.91 Å². The fraction of sp³-hybridized carbons (Fsp3) is 0.158. The van der Waals surface area contributed by atoms with E-state index in [4.69, 9.17) is 0 Å². The first kappa shape index (κ1) is 18.3. The van der Waals surface area contributed by atoms with E-state index < -0.39 is 15.1 Å². The maximum Gasteiger partial charge on any atom is 0.225 e. The maximum absolute atomic E-state index is 13.1. The monoisotopic (exact) mass is 386 g/mol. The first-order chi connectivity index (χ1) is 12.6. The fourth-order valence-electron chi connectivity index (χ4n) is 2.59. The molecule has 1 aromatic carbocycles. The standard InChI is InChI=1S/C19H18N2O3S2/c22-19(12-16-7-5-11-25-16)21-14-18(15-6-4-10-20-13-15)26(23,24)17-8-2-1-3-9-17/h1-11,13,18H,12,14H2,(H,21,22)/t18-/m0/s1. The van der Waals surface area contributed by atoms with Gasteiger partial charge in [0.05, 0.1) is 11.3 Å². The van der Waals surface area contributed by atoms with Crippen molar-refractivity contribution in [1.29, 1.82) is 0 Å². The van der Waals surface area contributed by atoms with E-state index in [1.807, 2.05) is 17.5 Å². The van der Waals surface area contributed by atoms with Crippen molar-refractivity contribution in [3.05, 3.63) is 82.8 Å². The molecule has 0 aliphatic heterocycles. The van der Waals surface area contributed by atoms with Crippen LogP contribution in [-0.4, -0.2) is 25.9 Å². The van der Waals surface area contributed by atoms with Crippen LogP contribution in [0.4, 0.5) is 0 Å². The molecule has 0 radical (unpaired) electrons. The van der Waals surface area contributed by atoms with Crippen LogP contribution in [0.5, 0.6) is 0 Å². The summed E-state index contributed by atoms with van der Waals surface area (Å²) < 4.78 is 26.2. The van der Waals surface area contributed by atoms with E-state index in [-0.39, 0.29) is 23.8 Å². The molecule has 1 atom stereocenters. The number of rotatable bonds is 7. The summed E-state index contributed by atoms with van der Waals surface area (Å²) in [4.78, 5) is 17.4. The second-order valence-corrected chi connectivity index (χ2v) is 8.86. The third-order valence-electron chi connectivity index (χ3n) is 3.90. The number of aromatic nitrogens is 1. The van der Waals surface area contributed by atoms with Gasteiger partial charge in [-0.05, 0) is 35.2 Å². The molecule has 0 spiro atoms. The van der Waals surface area contributed by atoms with Crippen LogP contribution in [0.25, 0.3) is 0 Å². The molecular weight excluding hydrogens is 368 g/mol. The van der Waals surface area contributed by atoms with Gasteiger partial charge in [-0.3, -0.25) is 9.78 Å². The van der Waals surface area contributed by atoms with Gasteiger partial charge in [-0.15, -0.1) is 11.3 Å². The number of thiophene rings is 1. The third kappa shape index (κ3) is 4.36. The average molecular weight is 386 g/mol. The smallest absolute Gasteiger partial charge is 0.225 e. The van der Waals surface area contributed by atoms with Crippen molar-refractivity contribution < 1.29 is 13.2 Å². The van der Waals surface area contributed by atoms with Crippen molar-refractivity contribution in [2.24, 2.45) is 0 Å². The highest BCUT2D eigenvalue weighted by Gasteiger charge is 2.29. The number of sulfone groups is 1. The SMILES string of the molecule is O=C(Cc1cccs1)NC[C@@H](c1cccnc1)S(=O)(=O)c1ccccc1. The average Bonchev–Trinajstić information content (AvgIpc) is 3.16. The van der Waals surface area contributed by atoms with Crippen LogP contribution in [0.15, 0.2) is 77.3 Å². The summed E-state index contributed by atoms with van der Waals surface area (Å²) in [6.45, 7) is -0.00682. The number of hydrogen-bond acceptors (Lipinski definition) is 5. The Balaban J connectivity index is 1.82. The van der Waals surface area contributed by atoms with E-state index >= 15 is 0 Å². The van der Waals surface area contributed by atoms with E-state index in [1.54, 1.807) is 48.7 Å². The minimum absolute atomic E-state index is 0.00682. The van der Waals surface area contributed by atoms with Crippen LogP contribution in [0, 0.1) is 0 Å². The topological polar surface area (TPSA) is 76.1 Å². The van der Waals surface area contributed by atoms with Crippen molar-refractivity contribution in [2.45, 2.75) is 16.6 Å². The summed E-state index contributed by atoms with van der Waals surface area (Å²) in [7, 11) is -3.66. The Bertz CT molecular complexity index is 941. The molecule has 0 bridgehead atoms. The first-order valence-corrected chi connectivity index (χ1v) is 10.5. The van der Waals surface area contributed by atoms with Gasteiger partial charge < -0.3 is 5.32 Å². The normalized spacial score (nSPS) is 12.5. The van der Waals surface area contributed by atoms with Crippen LogP contribution in [-0.2, 0) is 21.1 Å². The highest BCUT2D eigenvalue weighted by molar-refractivity contribution is 7.91. The van der Waals surface area contributed by atoms with Crippen LogP contribution < -0.4 is 5.32 Å². The quantitative estimate of drug-likeness (QED) is 0.677. The van der Waals surface area contributed by atoms with Gasteiger partial charge in [0.25, 0.3) is 0 Å². The van der Waals surface area contributed by atoms with Gasteiger partial charge in [-0.1, -0.05) is 30.3 Å². The van der Waals surface area contributed by atoms with Crippen molar-refractivity contribution in [2.75, 3.05) is 6.54 Å². The fourth-order valence-corrected chi connectivity index (χ4v) is 4.96. The molecule has 3 rings (SSSR count). The van der Waals surface area contributed by atoms with Crippen molar-refractivity contribution >= 4 is 27.1 Å². The summed E-state index contributed by atoms with van der Waals surface area (Å²) in [6, 6.07) is 15.4. The lowest BCUT2D eigenvalue weighted by molar-refractivity contribution is -0.120.